The standard InChI is InChI=1S/C18H18FN3O4S/c1-12(23)21-13-6-8-14(9-7-13)27(25,26)22-11-10-20-18(24)17(22)15-4-2-3-5-16(15)19/h2-9,17H,10-11H2,1H3,(H,20,24)(H,21,23). The molecule has 7 nitrogen and oxygen atoms in total. The molecule has 1 aliphatic rings. The van der Waals surface area contributed by atoms with E-state index in [9.17, 15) is 22.4 Å². The van der Waals surface area contributed by atoms with Gasteiger partial charge in [0.05, 0.1) is 4.90 Å². The Bertz CT molecular complexity index is 976. The molecule has 1 fully saturated rings. The topological polar surface area (TPSA) is 95.6 Å². The fourth-order valence-corrected chi connectivity index (χ4v) is 4.52. The lowest BCUT2D eigenvalue weighted by Crippen LogP contribution is -2.52. The summed E-state index contributed by atoms with van der Waals surface area (Å²) in [6.45, 7) is 1.49. The zero-order valence-electron chi connectivity index (χ0n) is 14.5. The molecule has 1 heterocycles. The summed E-state index contributed by atoms with van der Waals surface area (Å²) in [5.41, 5.74) is 0.441. The van der Waals surface area contributed by atoms with E-state index in [1.54, 1.807) is 6.07 Å². The van der Waals surface area contributed by atoms with Gasteiger partial charge in [-0.25, -0.2) is 12.8 Å². The van der Waals surface area contributed by atoms with E-state index in [-0.39, 0.29) is 29.5 Å². The number of carbonyl (C=O) groups is 2. The van der Waals surface area contributed by atoms with Gasteiger partial charge in [0.1, 0.15) is 11.9 Å². The third kappa shape index (κ3) is 3.83. The number of amides is 2. The minimum atomic E-state index is -4.06. The van der Waals surface area contributed by atoms with Crippen molar-refractivity contribution in [2.75, 3.05) is 18.4 Å². The monoisotopic (exact) mass is 391 g/mol. The molecule has 0 aromatic heterocycles. The maximum Gasteiger partial charge on any atom is 0.244 e. The molecule has 27 heavy (non-hydrogen) atoms. The lowest BCUT2D eigenvalue weighted by Gasteiger charge is -2.34. The summed E-state index contributed by atoms with van der Waals surface area (Å²) in [6, 6.07) is 9.90. The molecule has 1 atom stereocenters. The number of halogens is 1. The Labute approximate surface area is 156 Å². The first-order valence-corrected chi connectivity index (χ1v) is 9.66. The first kappa shape index (κ1) is 19.0. The number of piperazine rings is 1. The number of sulfonamides is 1. The van der Waals surface area contributed by atoms with E-state index in [0.717, 1.165) is 4.31 Å². The molecule has 1 aliphatic heterocycles. The van der Waals surface area contributed by atoms with Crippen molar-refractivity contribution in [3.05, 3.63) is 59.9 Å². The molecule has 0 bridgehead atoms. The molecule has 2 aromatic rings. The second kappa shape index (κ2) is 7.45. The normalized spacial score (nSPS) is 18.0. The Morgan fingerprint density at radius 1 is 1.19 bits per heavy atom. The van der Waals surface area contributed by atoms with Gasteiger partial charge in [-0.3, -0.25) is 9.59 Å². The number of benzene rings is 2. The van der Waals surface area contributed by atoms with E-state index in [1.165, 1.54) is 49.4 Å². The zero-order valence-corrected chi connectivity index (χ0v) is 15.3. The highest BCUT2D eigenvalue weighted by molar-refractivity contribution is 7.89. The minimum absolute atomic E-state index is 0.00635. The van der Waals surface area contributed by atoms with Crippen LogP contribution in [0.25, 0.3) is 0 Å². The first-order chi connectivity index (χ1) is 12.8. The van der Waals surface area contributed by atoms with Gasteiger partial charge in [-0.05, 0) is 30.3 Å². The lowest BCUT2D eigenvalue weighted by molar-refractivity contribution is -0.127. The maximum absolute atomic E-state index is 14.2. The average Bonchev–Trinajstić information content (AvgIpc) is 2.62. The number of carbonyl (C=O) groups excluding carboxylic acids is 2. The van der Waals surface area contributed by atoms with E-state index in [1.807, 2.05) is 0 Å². The molecule has 3 rings (SSSR count). The summed E-state index contributed by atoms with van der Waals surface area (Å²) in [5, 5.41) is 5.13. The van der Waals surface area contributed by atoms with Gasteiger partial charge in [0.2, 0.25) is 21.8 Å². The quantitative estimate of drug-likeness (QED) is 0.828. The highest BCUT2D eigenvalue weighted by Crippen LogP contribution is 2.31. The average molecular weight is 391 g/mol. The molecule has 9 heteroatoms. The molecular weight excluding hydrogens is 373 g/mol. The number of anilines is 1. The van der Waals surface area contributed by atoms with Gasteiger partial charge < -0.3 is 10.6 Å². The molecule has 2 amide bonds. The largest absolute Gasteiger partial charge is 0.353 e. The number of hydrogen-bond donors (Lipinski definition) is 2. The van der Waals surface area contributed by atoms with Crippen LogP contribution in [-0.2, 0) is 19.6 Å². The molecule has 142 valence electrons. The van der Waals surface area contributed by atoms with Gasteiger partial charge in [-0.2, -0.15) is 4.31 Å². The van der Waals surface area contributed by atoms with E-state index in [0.29, 0.717) is 5.69 Å². The number of rotatable bonds is 4. The second-order valence-corrected chi connectivity index (χ2v) is 7.93. The second-order valence-electron chi connectivity index (χ2n) is 6.04. The van der Waals surface area contributed by atoms with Crippen LogP contribution in [0.5, 0.6) is 0 Å². The Balaban J connectivity index is 1.99. The summed E-state index contributed by atoms with van der Waals surface area (Å²) >= 11 is 0. The fraction of sp³-hybridized carbons (Fsp3) is 0.222. The van der Waals surface area contributed by atoms with Crippen LogP contribution in [0.1, 0.15) is 18.5 Å². The van der Waals surface area contributed by atoms with E-state index < -0.39 is 27.8 Å². The molecular formula is C18H18FN3O4S. The summed E-state index contributed by atoms with van der Waals surface area (Å²) in [5.74, 6) is -1.51. The summed E-state index contributed by atoms with van der Waals surface area (Å²) in [4.78, 5) is 23.4. The molecule has 1 unspecified atom stereocenters. The van der Waals surface area contributed by atoms with Gasteiger partial charge in [-0.1, -0.05) is 18.2 Å². The predicted molar refractivity (Wildman–Crippen MR) is 96.8 cm³/mol. The van der Waals surface area contributed by atoms with Crippen LogP contribution < -0.4 is 10.6 Å². The van der Waals surface area contributed by atoms with Crippen molar-refractivity contribution in [3.63, 3.8) is 0 Å². The van der Waals surface area contributed by atoms with Gasteiger partial charge in [0, 0.05) is 31.3 Å². The van der Waals surface area contributed by atoms with Crippen molar-refractivity contribution in [1.29, 1.82) is 0 Å². The summed E-state index contributed by atoms with van der Waals surface area (Å²) in [7, 11) is -4.06. The van der Waals surface area contributed by atoms with Crippen LogP contribution in [0.3, 0.4) is 0 Å². The van der Waals surface area contributed by atoms with Crippen LogP contribution in [0.4, 0.5) is 10.1 Å². The third-order valence-corrected chi connectivity index (χ3v) is 6.03. The smallest absolute Gasteiger partial charge is 0.244 e. The van der Waals surface area contributed by atoms with Crippen molar-refractivity contribution in [2.45, 2.75) is 17.9 Å². The lowest BCUT2D eigenvalue weighted by atomic mass is 10.0. The van der Waals surface area contributed by atoms with Crippen LogP contribution >= 0.6 is 0 Å². The van der Waals surface area contributed by atoms with E-state index >= 15 is 0 Å². The predicted octanol–water partition coefficient (Wildman–Crippen LogP) is 1.65. The molecule has 0 saturated carbocycles. The van der Waals surface area contributed by atoms with Gasteiger partial charge in [0.25, 0.3) is 0 Å². The molecule has 2 aromatic carbocycles. The molecule has 1 saturated heterocycles. The molecule has 0 radical (unpaired) electrons. The highest BCUT2D eigenvalue weighted by atomic mass is 32.2. The Kier molecular flexibility index (Phi) is 5.24. The van der Waals surface area contributed by atoms with Crippen LogP contribution in [0, 0.1) is 5.82 Å². The van der Waals surface area contributed by atoms with Crippen molar-refractivity contribution in [2.24, 2.45) is 0 Å². The molecule has 2 N–H and O–H groups in total. The van der Waals surface area contributed by atoms with Gasteiger partial charge >= 0.3 is 0 Å². The van der Waals surface area contributed by atoms with E-state index in [2.05, 4.69) is 10.6 Å². The maximum atomic E-state index is 14.2. The summed E-state index contributed by atoms with van der Waals surface area (Å²) < 4.78 is 41.4. The number of nitrogens with zero attached hydrogens (tertiary/aromatic N) is 1. The van der Waals surface area contributed by atoms with Crippen LogP contribution in [0.15, 0.2) is 53.4 Å². The third-order valence-electron chi connectivity index (χ3n) is 4.15. The van der Waals surface area contributed by atoms with Crippen molar-refractivity contribution >= 4 is 27.5 Å². The van der Waals surface area contributed by atoms with Crippen molar-refractivity contribution in [1.82, 2.24) is 9.62 Å². The number of hydrogen-bond acceptors (Lipinski definition) is 4. The Hall–Kier alpha value is -2.78. The van der Waals surface area contributed by atoms with Crippen LogP contribution in [0.2, 0.25) is 0 Å². The summed E-state index contributed by atoms with van der Waals surface area (Å²) in [6.07, 6.45) is 0. The molecule has 0 aliphatic carbocycles. The molecule has 0 spiro atoms. The SMILES string of the molecule is CC(=O)Nc1ccc(S(=O)(=O)N2CCNC(=O)C2c2ccccc2F)cc1. The Morgan fingerprint density at radius 2 is 1.85 bits per heavy atom. The van der Waals surface area contributed by atoms with Crippen molar-refractivity contribution < 1.29 is 22.4 Å². The van der Waals surface area contributed by atoms with E-state index in [4.69, 9.17) is 0 Å². The first-order valence-electron chi connectivity index (χ1n) is 8.22. The Morgan fingerprint density at radius 3 is 2.48 bits per heavy atom. The van der Waals surface area contributed by atoms with Gasteiger partial charge in [-0.15, -0.1) is 0 Å². The minimum Gasteiger partial charge on any atom is -0.353 e. The highest BCUT2D eigenvalue weighted by Gasteiger charge is 2.40. The zero-order chi connectivity index (χ0) is 19.6. The van der Waals surface area contributed by atoms with Crippen molar-refractivity contribution in [3.8, 4) is 0 Å². The number of nitrogens with one attached hydrogen (secondary N) is 2. The fourth-order valence-electron chi connectivity index (χ4n) is 2.95. The van der Waals surface area contributed by atoms with Crippen LogP contribution in [-0.4, -0.2) is 37.6 Å². The van der Waals surface area contributed by atoms with Gasteiger partial charge in [0.15, 0.2) is 0 Å².